The van der Waals surface area contributed by atoms with E-state index in [4.69, 9.17) is 16.3 Å². The Hall–Kier alpha value is -2.10. The summed E-state index contributed by atoms with van der Waals surface area (Å²) in [5.41, 5.74) is 1.57. The Kier molecular flexibility index (Phi) is 5.97. The molecule has 0 amide bonds. The van der Waals surface area contributed by atoms with Gasteiger partial charge in [-0.25, -0.2) is 0 Å². The molecule has 2 aromatic heterocycles. The number of halogens is 3. The fourth-order valence-corrected chi connectivity index (χ4v) is 4.78. The molecule has 148 valence electrons. The molecule has 1 aromatic carbocycles. The summed E-state index contributed by atoms with van der Waals surface area (Å²) in [4.78, 5) is 24.4. The molecule has 0 atom stereocenters. The Bertz CT molecular complexity index is 1080. The van der Waals surface area contributed by atoms with Crippen molar-refractivity contribution in [1.29, 1.82) is 0 Å². The van der Waals surface area contributed by atoms with Crippen LogP contribution in [0, 0.1) is 6.92 Å². The van der Waals surface area contributed by atoms with E-state index < -0.39 is 17.6 Å². The molecule has 1 N–H and O–H groups in total. The number of aliphatic carboxylic acids is 1. The molecule has 0 aliphatic heterocycles. The second-order valence-electron chi connectivity index (χ2n) is 5.81. The first-order valence-corrected chi connectivity index (χ1v) is 10.0. The van der Waals surface area contributed by atoms with E-state index in [0.29, 0.717) is 43.9 Å². The van der Waals surface area contributed by atoms with Crippen LogP contribution < -0.4 is 4.74 Å². The molecule has 0 saturated carbocycles. The van der Waals surface area contributed by atoms with Crippen LogP contribution in [0.15, 0.2) is 27.8 Å². The number of nitrogens with zero attached hydrogens (tertiary/aromatic N) is 1. The van der Waals surface area contributed by atoms with Crippen LogP contribution in [-0.4, -0.2) is 34.4 Å². The zero-order valence-electron chi connectivity index (χ0n) is 14.7. The third-order valence-corrected chi connectivity index (χ3v) is 6.29. The molecule has 0 spiro atoms. The van der Waals surface area contributed by atoms with Crippen molar-refractivity contribution in [2.75, 3.05) is 7.11 Å². The second kappa shape index (κ2) is 8.10. The number of hydrogen-bond donors (Lipinski definition) is 1. The van der Waals surface area contributed by atoms with E-state index in [0.717, 1.165) is 11.3 Å². The number of hydrogen-bond acceptors (Lipinski definition) is 5. The number of carbonyl (C=O) groups excluding carboxylic acids is 1. The Labute approximate surface area is 171 Å². The van der Waals surface area contributed by atoms with Crippen LogP contribution in [-0.2, 0) is 11.2 Å². The Balaban J connectivity index is 2.18. The predicted octanol–water partition coefficient (Wildman–Crippen LogP) is 5.30. The highest BCUT2D eigenvalue weighted by molar-refractivity contribution is 8.01. The minimum absolute atomic E-state index is 0.238. The van der Waals surface area contributed by atoms with Crippen molar-refractivity contribution in [2.45, 2.75) is 23.3 Å². The molecule has 0 saturated heterocycles. The lowest BCUT2D eigenvalue weighted by Crippen LogP contribution is -2.13. The van der Waals surface area contributed by atoms with Crippen LogP contribution in [0.25, 0.3) is 10.9 Å². The minimum Gasteiger partial charge on any atom is -0.495 e. The molecular weight excluding hydrogens is 432 g/mol. The maximum Gasteiger partial charge on any atom is 0.307 e. The molecule has 0 aliphatic rings. The van der Waals surface area contributed by atoms with E-state index in [9.17, 15) is 23.5 Å². The monoisotopic (exact) mass is 445 g/mol. The summed E-state index contributed by atoms with van der Waals surface area (Å²) in [7, 11) is 1.44. The zero-order valence-corrected chi connectivity index (χ0v) is 17.1. The molecule has 2 heterocycles. The summed E-state index contributed by atoms with van der Waals surface area (Å²) < 4.78 is 32.0. The molecule has 28 heavy (non-hydrogen) atoms. The van der Waals surface area contributed by atoms with Crippen molar-refractivity contribution >= 4 is 57.5 Å². The van der Waals surface area contributed by atoms with E-state index >= 15 is 0 Å². The first kappa shape index (κ1) is 20.6. The third-order valence-electron chi connectivity index (χ3n) is 4.17. The quantitative estimate of drug-likeness (QED) is 0.521. The molecule has 3 rings (SSSR count). The van der Waals surface area contributed by atoms with Crippen LogP contribution in [0.3, 0.4) is 0 Å². The average Bonchev–Trinajstić information content (AvgIpc) is 3.16. The number of carboxylic acids is 1. The summed E-state index contributed by atoms with van der Waals surface area (Å²) in [5, 5.41) is 11.6. The van der Waals surface area contributed by atoms with Crippen molar-refractivity contribution in [3.8, 4) is 5.75 Å². The number of carboxylic acid groups (broad SMARTS) is 1. The third kappa shape index (κ3) is 3.87. The number of thiophene rings is 1. The molecule has 3 aromatic rings. The van der Waals surface area contributed by atoms with Gasteiger partial charge in [0.25, 0.3) is 11.7 Å². The topological polar surface area (TPSA) is 68.5 Å². The van der Waals surface area contributed by atoms with Crippen LogP contribution in [0.1, 0.15) is 21.6 Å². The highest BCUT2D eigenvalue weighted by Gasteiger charge is 2.24. The van der Waals surface area contributed by atoms with Crippen molar-refractivity contribution in [1.82, 2.24) is 4.57 Å². The SMILES string of the molecule is COc1cc2c(CC(=O)O)c(C)n(C(=O)c3csc(SC(F)F)c3)c2cc1Cl. The molecule has 0 unspecified atom stereocenters. The normalized spacial score (nSPS) is 11.4. The van der Waals surface area contributed by atoms with Gasteiger partial charge in [0.05, 0.1) is 33.8 Å². The van der Waals surface area contributed by atoms with Crippen molar-refractivity contribution < 1.29 is 28.2 Å². The van der Waals surface area contributed by atoms with Gasteiger partial charge in [-0.3, -0.25) is 14.2 Å². The highest BCUT2D eigenvalue weighted by atomic mass is 35.5. The van der Waals surface area contributed by atoms with Crippen LogP contribution in [0.4, 0.5) is 8.78 Å². The van der Waals surface area contributed by atoms with E-state index in [1.807, 2.05) is 0 Å². The van der Waals surface area contributed by atoms with Crippen LogP contribution >= 0.6 is 34.7 Å². The van der Waals surface area contributed by atoms with Gasteiger partial charge in [0.2, 0.25) is 0 Å². The molecule has 0 aliphatic carbocycles. The maximum atomic E-state index is 13.1. The summed E-state index contributed by atoms with van der Waals surface area (Å²) in [6, 6.07) is 4.53. The smallest absolute Gasteiger partial charge is 0.307 e. The summed E-state index contributed by atoms with van der Waals surface area (Å²) in [6.45, 7) is 1.64. The Morgan fingerprint density at radius 2 is 2.07 bits per heavy atom. The second-order valence-corrected chi connectivity index (χ2v) is 8.42. The van der Waals surface area contributed by atoms with E-state index in [-0.39, 0.29) is 17.0 Å². The number of aromatic nitrogens is 1. The zero-order chi connectivity index (χ0) is 20.6. The Morgan fingerprint density at radius 1 is 1.36 bits per heavy atom. The van der Waals surface area contributed by atoms with E-state index in [1.165, 1.54) is 29.2 Å². The lowest BCUT2D eigenvalue weighted by molar-refractivity contribution is -0.136. The fourth-order valence-electron chi connectivity index (χ4n) is 2.98. The predicted molar refractivity (Wildman–Crippen MR) is 105 cm³/mol. The van der Waals surface area contributed by atoms with Gasteiger partial charge in [-0.1, -0.05) is 11.6 Å². The first-order chi connectivity index (χ1) is 13.2. The molecule has 10 heteroatoms. The van der Waals surface area contributed by atoms with E-state index in [2.05, 4.69) is 0 Å². The van der Waals surface area contributed by atoms with Gasteiger partial charge < -0.3 is 9.84 Å². The Morgan fingerprint density at radius 3 is 2.68 bits per heavy atom. The lowest BCUT2D eigenvalue weighted by atomic mass is 10.1. The average molecular weight is 446 g/mol. The highest BCUT2D eigenvalue weighted by Crippen LogP contribution is 2.36. The molecular formula is C18H14ClF2NO4S2. The molecule has 0 bridgehead atoms. The van der Waals surface area contributed by atoms with Crippen molar-refractivity contribution in [3.05, 3.63) is 45.4 Å². The lowest BCUT2D eigenvalue weighted by Gasteiger charge is -2.07. The van der Waals surface area contributed by atoms with Gasteiger partial charge in [0.1, 0.15) is 5.75 Å². The number of methoxy groups -OCH3 is 1. The van der Waals surface area contributed by atoms with Crippen molar-refractivity contribution in [3.63, 3.8) is 0 Å². The van der Waals surface area contributed by atoms with Crippen LogP contribution in [0.2, 0.25) is 5.02 Å². The number of benzene rings is 1. The first-order valence-electron chi connectivity index (χ1n) is 7.90. The number of carbonyl (C=O) groups is 2. The van der Waals surface area contributed by atoms with E-state index in [1.54, 1.807) is 13.0 Å². The molecule has 0 fully saturated rings. The van der Waals surface area contributed by atoms with Gasteiger partial charge in [-0.05, 0) is 42.4 Å². The number of thioether (sulfide) groups is 1. The number of alkyl halides is 2. The maximum absolute atomic E-state index is 13.1. The fraction of sp³-hybridized carbons (Fsp3) is 0.222. The van der Waals surface area contributed by atoms with Gasteiger partial charge in [0, 0.05) is 16.5 Å². The number of rotatable bonds is 6. The number of fused-ring (bicyclic) bond motifs is 1. The molecule has 0 radical (unpaired) electrons. The van der Waals surface area contributed by atoms with Gasteiger partial charge in [-0.15, -0.1) is 11.3 Å². The standard InChI is InChI=1S/C18H14ClF2NO4S2/c1-8-10(5-15(23)24)11-4-14(26-2)12(19)6-13(11)22(8)17(25)9-3-16(27-7-9)28-18(20)21/h3-4,6-7,18H,5H2,1-2H3,(H,23,24). The number of ether oxygens (including phenoxy) is 1. The van der Waals surface area contributed by atoms with Crippen molar-refractivity contribution in [2.24, 2.45) is 0 Å². The summed E-state index contributed by atoms with van der Waals surface area (Å²) >= 11 is 7.62. The van der Waals surface area contributed by atoms with Gasteiger partial charge in [-0.2, -0.15) is 8.78 Å². The minimum atomic E-state index is -2.58. The summed E-state index contributed by atoms with van der Waals surface area (Å²) in [6.07, 6.45) is -0.288. The van der Waals surface area contributed by atoms with Gasteiger partial charge >= 0.3 is 5.97 Å². The van der Waals surface area contributed by atoms with Crippen LogP contribution in [0.5, 0.6) is 5.75 Å². The summed E-state index contributed by atoms with van der Waals surface area (Å²) in [5.74, 6) is -3.71. The molecule has 5 nitrogen and oxygen atoms in total. The largest absolute Gasteiger partial charge is 0.495 e. The van der Waals surface area contributed by atoms with Gasteiger partial charge in [0.15, 0.2) is 0 Å².